The molecule has 1 heteroatoms. The molecule has 0 aromatic heterocycles. The van der Waals surface area contributed by atoms with Crippen molar-refractivity contribution in [1.29, 1.82) is 0 Å². The van der Waals surface area contributed by atoms with Gasteiger partial charge < -0.3 is 5.32 Å². The maximum Gasteiger partial charge on any atom is 0.0107 e. The Labute approximate surface area is 114 Å². The summed E-state index contributed by atoms with van der Waals surface area (Å²) in [4.78, 5) is 0. The van der Waals surface area contributed by atoms with Crippen LogP contribution in [-0.2, 0) is 0 Å². The summed E-state index contributed by atoms with van der Waals surface area (Å²) in [6.07, 6.45) is 14.6. The van der Waals surface area contributed by atoms with Crippen LogP contribution in [0.1, 0.15) is 78.6 Å². The SMILES string of the molecule is CCCNC(CC1=CCCCC1)CC(C)CCC. The van der Waals surface area contributed by atoms with Crippen LogP contribution in [0.4, 0.5) is 0 Å². The molecular weight excluding hydrogens is 218 g/mol. The zero-order valence-electron chi connectivity index (χ0n) is 12.8. The van der Waals surface area contributed by atoms with Crippen molar-refractivity contribution in [3.8, 4) is 0 Å². The molecule has 18 heavy (non-hydrogen) atoms. The summed E-state index contributed by atoms with van der Waals surface area (Å²) in [5.74, 6) is 0.869. The van der Waals surface area contributed by atoms with Gasteiger partial charge in [0.25, 0.3) is 0 Å². The molecule has 0 bridgehead atoms. The molecular formula is C17H33N. The van der Waals surface area contributed by atoms with Crippen LogP contribution in [0, 0.1) is 5.92 Å². The van der Waals surface area contributed by atoms with Crippen molar-refractivity contribution < 1.29 is 0 Å². The van der Waals surface area contributed by atoms with E-state index >= 15 is 0 Å². The average molecular weight is 251 g/mol. The van der Waals surface area contributed by atoms with Crippen molar-refractivity contribution >= 4 is 0 Å². The number of hydrogen-bond acceptors (Lipinski definition) is 1. The molecule has 0 spiro atoms. The van der Waals surface area contributed by atoms with E-state index < -0.39 is 0 Å². The van der Waals surface area contributed by atoms with Gasteiger partial charge in [0.2, 0.25) is 0 Å². The molecule has 1 aliphatic carbocycles. The minimum absolute atomic E-state index is 0.718. The van der Waals surface area contributed by atoms with Crippen LogP contribution in [-0.4, -0.2) is 12.6 Å². The van der Waals surface area contributed by atoms with Gasteiger partial charge in [-0.25, -0.2) is 0 Å². The summed E-state index contributed by atoms with van der Waals surface area (Å²) in [5.41, 5.74) is 1.72. The second-order valence-corrected chi connectivity index (χ2v) is 6.09. The van der Waals surface area contributed by atoms with Crippen molar-refractivity contribution in [3.05, 3.63) is 11.6 Å². The van der Waals surface area contributed by atoms with E-state index in [1.807, 2.05) is 0 Å². The van der Waals surface area contributed by atoms with Crippen molar-refractivity contribution in [3.63, 3.8) is 0 Å². The fraction of sp³-hybridized carbons (Fsp3) is 0.882. The third kappa shape index (κ3) is 6.58. The normalized spacial score (nSPS) is 19.4. The predicted molar refractivity (Wildman–Crippen MR) is 81.9 cm³/mol. The molecule has 2 atom stereocenters. The van der Waals surface area contributed by atoms with E-state index in [9.17, 15) is 0 Å². The summed E-state index contributed by atoms with van der Waals surface area (Å²) in [6, 6.07) is 0.718. The Hall–Kier alpha value is -0.300. The topological polar surface area (TPSA) is 12.0 Å². The fourth-order valence-corrected chi connectivity index (χ4v) is 3.09. The Morgan fingerprint density at radius 2 is 2.06 bits per heavy atom. The van der Waals surface area contributed by atoms with Gasteiger partial charge >= 0.3 is 0 Å². The molecule has 0 saturated heterocycles. The van der Waals surface area contributed by atoms with Crippen molar-refractivity contribution in [2.24, 2.45) is 5.92 Å². The van der Waals surface area contributed by atoms with Crippen LogP contribution in [0.15, 0.2) is 11.6 Å². The van der Waals surface area contributed by atoms with Crippen LogP contribution < -0.4 is 5.32 Å². The lowest BCUT2D eigenvalue weighted by atomic mass is 9.89. The lowest BCUT2D eigenvalue weighted by molar-refractivity contribution is 0.376. The summed E-state index contributed by atoms with van der Waals surface area (Å²) < 4.78 is 0. The molecule has 0 fully saturated rings. The van der Waals surface area contributed by atoms with Crippen LogP contribution in [0.3, 0.4) is 0 Å². The van der Waals surface area contributed by atoms with Gasteiger partial charge in [0.15, 0.2) is 0 Å². The number of hydrogen-bond donors (Lipinski definition) is 1. The smallest absolute Gasteiger partial charge is 0.0107 e. The first-order chi connectivity index (χ1) is 8.76. The first-order valence-electron chi connectivity index (χ1n) is 8.17. The van der Waals surface area contributed by atoms with E-state index in [0.29, 0.717) is 0 Å². The lowest BCUT2D eigenvalue weighted by Crippen LogP contribution is -2.32. The maximum atomic E-state index is 3.77. The largest absolute Gasteiger partial charge is 0.314 e. The quantitative estimate of drug-likeness (QED) is 0.564. The first-order valence-corrected chi connectivity index (χ1v) is 8.17. The summed E-state index contributed by atoms with van der Waals surface area (Å²) in [6.45, 7) is 8.16. The van der Waals surface area contributed by atoms with E-state index in [0.717, 1.165) is 12.0 Å². The van der Waals surface area contributed by atoms with Gasteiger partial charge in [0.1, 0.15) is 0 Å². The Morgan fingerprint density at radius 1 is 1.22 bits per heavy atom. The Balaban J connectivity index is 2.40. The van der Waals surface area contributed by atoms with Crippen LogP contribution in [0.5, 0.6) is 0 Å². The molecule has 1 aliphatic rings. The number of nitrogens with one attached hydrogen (secondary N) is 1. The van der Waals surface area contributed by atoms with Gasteiger partial charge in [0, 0.05) is 6.04 Å². The van der Waals surface area contributed by atoms with Crippen molar-refractivity contribution in [2.75, 3.05) is 6.54 Å². The number of rotatable bonds is 9. The Bertz CT molecular complexity index is 232. The molecule has 1 nitrogen and oxygen atoms in total. The zero-order chi connectivity index (χ0) is 13.2. The number of allylic oxidation sites excluding steroid dienone is 1. The van der Waals surface area contributed by atoms with Crippen molar-refractivity contribution in [1.82, 2.24) is 5.32 Å². The van der Waals surface area contributed by atoms with E-state index in [2.05, 4.69) is 32.2 Å². The zero-order valence-corrected chi connectivity index (χ0v) is 12.8. The highest BCUT2D eigenvalue weighted by Gasteiger charge is 2.15. The predicted octanol–water partition coefficient (Wildman–Crippen LogP) is 5.07. The molecule has 0 aromatic rings. The van der Waals surface area contributed by atoms with E-state index in [4.69, 9.17) is 0 Å². The summed E-state index contributed by atoms with van der Waals surface area (Å²) in [5, 5.41) is 3.77. The third-order valence-corrected chi connectivity index (χ3v) is 4.04. The molecule has 106 valence electrons. The van der Waals surface area contributed by atoms with Crippen molar-refractivity contribution in [2.45, 2.75) is 84.6 Å². The molecule has 0 aliphatic heterocycles. The van der Waals surface area contributed by atoms with Crippen LogP contribution >= 0.6 is 0 Å². The first kappa shape index (κ1) is 15.8. The third-order valence-electron chi connectivity index (χ3n) is 4.04. The second kappa shape index (κ2) is 9.61. The lowest BCUT2D eigenvalue weighted by Gasteiger charge is -2.24. The van der Waals surface area contributed by atoms with Gasteiger partial charge in [-0.3, -0.25) is 0 Å². The van der Waals surface area contributed by atoms with E-state index in [1.165, 1.54) is 64.3 Å². The average Bonchev–Trinajstić information content (AvgIpc) is 2.37. The Kier molecular flexibility index (Phi) is 8.41. The molecule has 0 saturated carbocycles. The highest BCUT2D eigenvalue weighted by molar-refractivity contribution is 5.07. The fourth-order valence-electron chi connectivity index (χ4n) is 3.09. The van der Waals surface area contributed by atoms with Gasteiger partial charge in [-0.15, -0.1) is 0 Å². The highest BCUT2D eigenvalue weighted by atomic mass is 14.9. The molecule has 1 N–H and O–H groups in total. The van der Waals surface area contributed by atoms with Crippen LogP contribution in [0.25, 0.3) is 0 Å². The minimum atomic E-state index is 0.718. The molecule has 0 aromatic carbocycles. The minimum Gasteiger partial charge on any atom is -0.314 e. The standard InChI is InChI=1S/C17H33N/c1-4-9-15(3)13-17(18-12-5-2)14-16-10-7-6-8-11-16/h10,15,17-18H,4-9,11-14H2,1-3H3. The maximum absolute atomic E-state index is 3.77. The molecule has 1 rings (SSSR count). The summed E-state index contributed by atoms with van der Waals surface area (Å²) >= 11 is 0. The van der Waals surface area contributed by atoms with Gasteiger partial charge in [0.05, 0.1) is 0 Å². The van der Waals surface area contributed by atoms with Crippen LogP contribution in [0.2, 0.25) is 0 Å². The monoisotopic (exact) mass is 251 g/mol. The van der Waals surface area contributed by atoms with Gasteiger partial charge in [-0.2, -0.15) is 0 Å². The highest BCUT2D eigenvalue weighted by Crippen LogP contribution is 2.24. The second-order valence-electron chi connectivity index (χ2n) is 6.09. The summed E-state index contributed by atoms with van der Waals surface area (Å²) in [7, 11) is 0. The molecule has 0 amide bonds. The molecule has 0 radical (unpaired) electrons. The molecule has 0 heterocycles. The van der Waals surface area contributed by atoms with Gasteiger partial charge in [-0.1, -0.05) is 45.3 Å². The van der Waals surface area contributed by atoms with E-state index in [-0.39, 0.29) is 0 Å². The Morgan fingerprint density at radius 3 is 2.67 bits per heavy atom. The molecule has 2 unspecified atom stereocenters. The van der Waals surface area contributed by atoms with Gasteiger partial charge in [-0.05, 0) is 57.4 Å². The van der Waals surface area contributed by atoms with E-state index in [1.54, 1.807) is 5.57 Å².